The highest BCUT2D eigenvalue weighted by Crippen LogP contribution is 2.28. The highest BCUT2D eigenvalue weighted by molar-refractivity contribution is 7.90. The quantitative estimate of drug-likeness (QED) is 0.351. The number of sulfonamides is 1. The molecule has 4 aromatic rings. The molecule has 0 radical (unpaired) electrons. The molecule has 2 aromatic heterocycles. The number of aromatic nitrogens is 4. The zero-order valence-corrected chi connectivity index (χ0v) is 20.1. The molecular weight excluding hydrogens is 450 g/mol. The number of nitrogens with zero attached hydrogens (tertiary/aromatic N) is 4. The van der Waals surface area contributed by atoms with E-state index in [1.54, 1.807) is 6.20 Å². The van der Waals surface area contributed by atoms with Gasteiger partial charge in [0.25, 0.3) is 0 Å². The van der Waals surface area contributed by atoms with Gasteiger partial charge in [0.1, 0.15) is 11.6 Å². The van der Waals surface area contributed by atoms with Crippen LogP contribution in [0, 0.1) is 13.8 Å². The van der Waals surface area contributed by atoms with Gasteiger partial charge in [-0.3, -0.25) is 0 Å². The Bertz CT molecular complexity index is 1480. The van der Waals surface area contributed by atoms with Crippen LogP contribution in [0.15, 0.2) is 48.7 Å². The molecule has 0 unspecified atom stereocenters. The van der Waals surface area contributed by atoms with E-state index in [2.05, 4.69) is 34.9 Å². The van der Waals surface area contributed by atoms with Gasteiger partial charge in [-0.2, -0.15) is 4.98 Å². The number of hydrogen-bond acceptors (Lipinski definition) is 7. The molecule has 2 aromatic carbocycles. The third-order valence-electron chi connectivity index (χ3n) is 5.96. The lowest BCUT2D eigenvalue weighted by Crippen LogP contribution is -2.26. The number of anilines is 4. The van der Waals surface area contributed by atoms with E-state index in [1.807, 2.05) is 63.4 Å². The zero-order valence-electron chi connectivity index (χ0n) is 19.3. The van der Waals surface area contributed by atoms with E-state index < -0.39 is 10.0 Å². The average Bonchev–Trinajstić information content (AvgIpc) is 3.63. The summed E-state index contributed by atoms with van der Waals surface area (Å²) in [5, 5.41) is 6.35. The molecule has 0 aliphatic heterocycles. The highest BCUT2D eigenvalue weighted by atomic mass is 32.2. The molecule has 2 heterocycles. The first-order valence-electron chi connectivity index (χ1n) is 11.2. The molecule has 1 aliphatic rings. The fraction of sp³-hybridized carbons (Fsp3) is 0.292. The molecule has 10 heteroatoms. The Labute approximate surface area is 198 Å². The summed E-state index contributed by atoms with van der Waals surface area (Å²) in [7, 11) is -1.22. The van der Waals surface area contributed by atoms with Crippen LogP contribution in [0.1, 0.15) is 29.8 Å². The van der Waals surface area contributed by atoms with Gasteiger partial charge >= 0.3 is 0 Å². The molecule has 5 rings (SSSR count). The van der Waals surface area contributed by atoms with E-state index in [4.69, 9.17) is 0 Å². The zero-order chi connectivity index (χ0) is 23.9. The number of nitrogens with one attached hydrogen (secondary N) is 3. The van der Waals surface area contributed by atoms with Crippen LogP contribution in [0.5, 0.6) is 0 Å². The van der Waals surface area contributed by atoms with Crippen LogP contribution in [0.2, 0.25) is 0 Å². The summed E-state index contributed by atoms with van der Waals surface area (Å²) in [6, 6.07) is 13.6. The molecule has 0 spiro atoms. The highest BCUT2D eigenvalue weighted by Gasteiger charge is 2.35. The van der Waals surface area contributed by atoms with Crippen LogP contribution in [0.3, 0.4) is 0 Å². The predicted molar refractivity (Wildman–Crippen MR) is 134 cm³/mol. The average molecular weight is 478 g/mol. The number of benzene rings is 2. The SMILES string of the molecule is Cc1cnc(Nc2ccc3c(c2)nc(C)n3C)nc1Nc1cccc(CNS(=O)(=O)C2CC2)c1. The normalized spacial score (nSPS) is 13.9. The molecule has 9 nitrogen and oxygen atoms in total. The third kappa shape index (κ3) is 4.73. The Kier molecular flexibility index (Phi) is 5.70. The van der Waals surface area contributed by atoms with Gasteiger partial charge in [0.05, 0.1) is 16.3 Å². The summed E-state index contributed by atoms with van der Waals surface area (Å²) < 4.78 is 29.0. The van der Waals surface area contributed by atoms with Gasteiger partial charge in [0.2, 0.25) is 16.0 Å². The minimum absolute atomic E-state index is 0.231. The van der Waals surface area contributed by atoms with E-state index in [1.165, 1.54) is 0 Å². The maximum absolute atomic E-state index is 12.1. The molecular formula is C24H27N7O2S. The first kappa shape index (κ1) is 22.3. The largest absolute Gasteiger partial charge is 0.340 e. The van der Waals surface area contributed by atoms with Crippen molar-refractivity contribution in [2.75, 3.05) is 10.6 Å². The molecule has 1 aliphatic carbocycles. The van der Waals surface area contributed by atoms with E-state index in [0.29, 0.717) is 11.8 Å². The number of hydrogen-bond donors (Lipinski definition) is 3. The van der Waals surface area contributed by atoms with Gasteiger partial charge in [0.15, 0.2) is 0 Å². The van der Waals surface area contributed by atoms with Crippen molar-refractivity contribution in [3.63, 3.8) is 0 Å². The van der Waals surface area contributed by atoms with Crippen LogP contribution in [-0.4, -0.2) is 33.2 Å². The topological polar surface area (TPSA) is 114 Å². The molecule has 1 saturated carbocycles. The van der Waals surface area contributed by atoms with Crippen molar-refractivity contribution < 1.29 is 8.42 Å². The first-order chi connectivity index (χ1) is 16.3. The second kappa shape index (κ2) is 8.69. The molecule has 1 fully saturated rings. The standard InChI is InChI=1S/C24H27N7O2S/c1-15-13-25-24(29-19-7-10-22-21(12-19)27-16(2)31(22)3)30-23(15)28-18-6-4-5-17(11-18)14-26-34(32,33)20-8-9-20/h4-7,10-13,20,26H,8-9,14H2,1-3H3,(H2,25,28,29,30). The fourth-order valence-corrected chi connectivity index (χ4v) is 5.09. The van der Waals surface area contributed by atoms with Crippen molar-refractivity contribution in [2.24, 2.45) is 7.05 Å². The van der Waals surface area contributed by atoms with E-state index in [9.17, 15) is 8.42 Å². The van der Waals surface area contributed by atoms with Crippen molar-refractivity contribution in [2.45, 2.75) is 38.5 Å². The Hall–Kier alpha value is -3.50. The van der Waals surface area contributed by atoms with Crippen molar-refractivity contribution >= 4 is 44.2 Å². The minimum Gasteiger partial charge on any atom is -0.340 e. The summed E-state index contributed by atoms with van der Waals surface area (Å²) in [5.41, 5.74) is 5.41. The third-order valence-corrected chi connectivity index (χ3v) is 7.86. The molecule has 0 bridgehead atoms. The summed E-state index contributed by atoms with van der Waals surface area (Å²) in [6.07, 6.45) is 3.25. The van der Waals surface area contributed by atoms with Crippen LogP contribution < -0.4 is 15.4 Å². The summed E-state index contributed by atoms with van der Waals surface area (Å²) in [6.45, 7) is 4.17. The molecule has 176 valence electrons. The van der Waals surface area contributed by atoms with Crippen LogP contribution >= 0.6 is 0 Å². The molecule has 34 heavy (non-hydrogen) atoms. The smallest absolute Gasteiger partial charge is 0.229 e. The Morgan fingerprint density at radius 3 is 2.62 bits per heavy atom. The van der Waals surface area contributed by atoms with Gasteiger partial charge in [-0.15, -0.1) is 0 Å². The van der Waals surface area contributed by atoms with Crippen molar-refractivity contribution in [3.05, 3.63) is 65.6 Å². The Balaban J connectivity index is 1.31. The summed E-state index contributed by atoms with van der Waals surface area (Å²) in [4.78, 5) is 13.6. The van der Waals surface area contributed by atoms with Crippen LogP contribution in [0.4, 0.5) is 23.1 Å². The van der Waals surface area contributed by atoms with E-state index in [-0.39, 0.29) is 11.8 Å². The first-order valence-corrected chi connectivity index (χ1v) is 12.7. The summed E-state index contributed by atoms with van der Waals surface area (Å²) in [5.74, 6) is 2.09. The monoisotopic (exact) mass is 477 g/mol. The van der Waals surface area contributed by atoms with E-state index >= 15 is 0 Å². The van der Waals surface area contributed by atoms with Crippen molar-refractivity contribution in [1.82, 2.24) is 24.2 Å². The molecule has 0 saturated heterocycles. The lowest BCUT2D eigenvalue weighted by Gasteiger charge is -2.12. The van der Waals surface area contributed by atoms with E-state index in [0.717, 1.165) is 52.2 Å². The predicted octanol–water partition coefficient (Wildman–Crippen LogP) is 4.05. The second-order valence-electron chi connectivity index (χ2n) is 8.66. The molecule has 0 atom stereocenters. The van der Waals surface area contributed by atoms with Crippen LogP contribution in [0.25, 0.3) is 11.0 Å². The molecule has 0 amide bonds. The summed E-state index contributed by atoms with van der Waals surface area (Å²) >= 11 is 0. The maximum Gasteiger partial charge on any atom is 0.229 e. The molecule has 3 N–H and O–H groups in total. The van der Waals surface area contributed by atoms with Crippen molar-refractivity contribution in [1.29, 1.82) is 0 Å². The number of fused-ring (bicyclic) bond motifs is 1. The van der Waals surface area contributed by atoms with Crippen LogP contribution in [-0.2, 0) is 23.6 Å². The van der Waals surface area contributed by atoms with Gasteiger partial charge in [-0.1, -0.05) is 12.1 Å². The maximum atomic E-state index is 12.1. The van der Waals surface area contributed by atoms with Gasteiger partial charge in [-0.05, 0) is 62.6 Å². The second-order valence-corrected chi connectivity index (χ2v) is 10.7. The Morgan fingerprint density at radius 1 is 1.03 bits per heavy atom. The van der Waals surface area contributed by atoms with Gasteiger partial charge in [-0.25, -0.2) is 23.1 Å². The Morgan fingerprint density at radius 2 is 1.82 bits per heavy atom. The lowest BCUT2D eigenvalue weighted by molar-refractivity contribution is 0.580. The number of imidazole rings is 1. The van der Waals surface area contributed by atoms with Crippen molar-refractivity contribution in [3.8, 4) is 0 Å². The van der Waals surface area contributed by atoms with Gasteiger partial charge in [0, 0.05) is 36.7 Å². The fourth-order valence-electron chi connectivity index (χ4n) is 3.73. The number of rotatable bonds is 8. The lowest BCUT2D eigenvalue weighted by atomic mass is 10.2. The van der Waals surface area contributed by atoms with Gasteiger partial charge < -0.3 is 15.2 Å². The minimum atomic E-state index is -3.22. The number of aryl methyl sites for hydroxylation is 3.